The lowest BCUT2D eigenvalue weighted by Gasteiger charge is -2.19. The van der Waals surface area contributed by atoms with Crippen LogP contribution in [0.3, 0.4) is 0 Å². The number of hydrogen-bond acceptors (Lipinski definition) is 3. The van der Waals surface area contributed by atoms with E-state index in [4.69, 9.17) is 0 Å². The van der Waals surface area contributed by atoms with Crippen LogP contribution in [0.4, 0.5) is 11.4 Å². The molecule has 0 aromatic heterocycles. The van der Waals surface area contributed by atoms with E-state index in [9.17, 15) is 9.59 Å². The smallest absolute Gasteiger partial charge is 0.242 e. The van der Waals surface area contributed by atoms with Gasteiger partial charge in [-0.1, -0.05) is 30.3 Å². The highest BCUT2D eigenvalue weighted by molar-refractivity contribution is 5.89. The topological polar surface area (TPSA) is 70.2 Å². The zero-order valence-electron chi connectivity index (χ0n) is 15.6. The molecule has 0 aliphatic heterocycles. The molecule has 5 nitrogen and oxygen atoms in total. The first-order chi connectivity index (χ1) is 12.4. The molecule has 2 rings (SSSR count). The summed E-state index contributed by atoms with van der Waals surface area (Å²) in [6.07, 6.45) is 1.84. The Balaban J connectivity index is 1.78. The summed E-state index contributed by atoms with van der Waals surface area (Å²) in [5.41, 5.74) is 2.84. The van der Waals surface area contributed by atoms with E-state index in [0.717, 1.165) is 24.2 Å². The van der Waals surface area contributed by atoms with Crippen molar-refractivity contribution in [2.24, 2.45) is 0 Å². The summed E-state index contributed by atoms with van der Waals surface area (Å²) in [5.74, 6) is -0.139. The van der Waals surface area contributed by atoms with Crippen molar-refractivity contribution in [3.05, 3.63) is 60.2 Å². The Labute approximate surface area is 155 Å². The first-order valence-corrected chi connectivity index (χ1v) is 8.92. The van der Waals surface area contributed by atoms with E-state index in [1.54, 1.807) is 12.1 Å². The molecule has 2 atom stereocenters. The van der Waals surface area contributed by atoms with Crippen LogP contribution in [0.2, 0.25) is 0 Å². The van der Waals surface area contributed by atoms with Crippen LogP contribution in [0, 0.1) is 0 Å². The van der Waals surface area contributed by atoms with E-state index in [1.165, 1.54) is 12.5 Å². The fourth-order valence-corrected chi connectivity index (χ4v) is 2.64. The number of benzene rings is 2. The number of rotatable bonds is 8. The summed E-state index contributed by atoms with van der Waals surface area (Å²) in [6.45, 7) is 5.33. The van der Waals surface area contributed by atoms with Gasteiger partial charge in [-0.3, -0.25) is 9.59 Å². The predicted octanol–water partition coefficient (Wildman–Crippen LogP) is 3.58. The van der Waals surface area contributed by atoms with E-state index in [2.05, 4.69) is 28.1 Å². The molecule has 3 N–H and O–H groups in total. The Morgan fingerprint density at radius 2 is 1.54 bits per heavy atom. The lowest BCUT2D eigenvalue weighted by atomic mass is 10.1. The van der Waals surface area contributed by atoms with Crippen LogP contribution in [0.25, 0.3) is 0 Å². The van der Waals surface area contributed by atoms with Gasteiger partial charge in [-0.15, -0.1) is 0 Å². The van der Waals surface area contributed by atoms with Crippen molar-refractivity contribution in [2.75, 3.05) is 10.6 Å². The van der Waals surface area contributed by atoms with Gasteiger partial charge in [-0.2, -0.15) is 0 Å². The monoisotopic (exact) mass is 353 g/mol. The van der Waals surface area contributed by atoms with E-state index in [-0.39, 0.29) is 23.9 Å². The third-order valence-electron chi connectivity index (χ3n) is 4.08. The third kappa shape index (κ3) is 6.59. The minimum Gasteiger partial charge on any atom is -0.374 e. The first-order valence-electron chi connectivity index (χ1n) is 8.92. The standard InChI is InChI=1S/C21H27N3O2/c1-15(9-10-18-7-5-4-6-8-18)22-21(26)16(2)23-19-11-13-20(14-12-19)24-17(3)25/h4-8,11-16,23H,9-10H2,1-3H3,(H,22,26)(H,24,25)/t15-,16+/m1/s1. The Kier molecular flexibility index (Phi) is 7.21. The second kappa shape index (κ2) is 9.61. The van der Waals surface area contributed by atoms with Crippen molar-refractivity contribution >= 4 is 23.2 Å². The van der Waals surface area contributed by atoms with E-state index in [1.807, 2.05) is 44.2 Å². The van der Waals surface area contributed by atoms with Crippen molar-refractivity contribution in [3.8, 4) is 0 Å². The third-order valence-corrected chi connectivity index (χ3v) is 4.08. The molecule has 0 saturated heterocycles. The Hall–Kier alpha value is -2.82. The van der Waals surface area contributed by atoms with Gasteiger partial charge in [0, 0.05) is 24.3 Å². The molecule has 0 saturated carbocycles. The van der Waals surface area contributed by atoms with Gasteiger partial charge in [0.25, 0.3) is 0 Å². The molecule has 0 spiro atoms. The predicted molar refractivity (Wildman–Crippen MR) is 106 cm³/mol. The number of anilines is 2. The van der Waals surface area contributed by atoms with Crippen LogP contribution in [0.15, 0.2) is 54.6 Å². The maximum atomic E-state index is 12.4. The number of carbonyl (C=O) groups is 2. The van der Waals surface area contributed by atoms with Crippen LogP contribution < -0.4 is 16.0 Å². The first kappa shape index (κ1) is 19.5. The lowest BCUT2D eigenvalue weighted by Crippen LogP contribution is -2.42. The SMILES string of the molecule is CC(=O)Nc1ccc(N[C@@H](C)C(=O)N[C@H](C)CCc2ccccc2)cc1. The summed E-state index contributed by atoms with van der Waals surface area (Å²) < 4.78 is 0. The van der Waals surface area contributed by atoms with Crippen molar-refractivity contribution in [3.63, 3.8) is 0 Å². The summed E-state index contributed by atoms with van der Waals surface area (Å²) in [6, 6.07) is 17.3. The van der Waals surface area contributed by atoms with Gasteiger partial charge >= 0.3 is 0 Å². The average Bonchev–Trinajstić information content (AvgIpc) is 2.62. The molecule has 138 valence electrons. The van der Waals surface area contributed by atoms with Crippen molar-refractivity contribution in [2.45, 2.75) is 45.7 Å². The van der Waals surface area contributed by atoms with Crippen molar-refractivity contribution in [1.82, 2.24) is 5.32 Å². The number of carbonyl (C=O) groups excluding carboxylic acids is 2. The fourth-order valence-electron chi connectivity index (χ4n) is 2.64. The van der Waals surface area contributed by atoms with E-state index < -0.39 is 0 Å². The highest BCUT2D eigenvalue weighted by atomic mass is 16.2. The van der Waals surface area contributed by atoms with E-state index in [0.29, 0.717) is 0 Å². The molecule has 0 bridgehead atoms. The minimum atomic E-state index is -0.346. The van der Waals surface area contributed by atoms with Gasteiger partial charge in [-0.25, -0.2) is 0 Å². The van der Waals surface area contributed by atoms with Crippen LogP contribution in [0.1, 0.15) is 32.8 Å². The normalized spacial score (nSPS) is 12.7. The van der Waals surface area contributed by atoms with Gasteiger partial charge in [-0.05, 0) is 56.5 Å². The summed E-state index contributed by atoms with van der Waals surface area (Å²) >= 11 is 0. The Bertz CT molecular complexity index is 714. The molecule has 2 aromatic carbocycles. The molecule has 5 heteroatoms. The zero-order chi connectivity index (χ0) is 18.9. The second-order valence-electron chi connectivity index (χ2n) is 6.56. The molecule has 0 fully saturated rings. The maximum absolute atomic E-state index is 12.4. The van der Waals surface area contributed by atoms with Gasteiger partial charge in [0.1, 0.15) is 6.04 Å². The minimum absolute atomic E-state index is 0.0310. The van der Waals surface area contributed by atoms with Gasteiger partial charge < -0.3 is 16.0 Å². The molecule has 0 heterocycles. The zero-order valence-corrected chi connectivity index (χ0v) is 15.6. The van der Waals surface area contributed by atoms with Crippen LogP contribution in [-0.2, 0) is 16.0 Å². The molecule has 0 aliphatic carbocycles. The summed E-state index contributed by atoms with van der Waals surface area (Å²) in [7, 11) is 0. The molecular formula is C21H27N3O2. The van der Waals surface area contributed by atoms with E-state index >= 15 is 0 Å². The summed E-state index contributed by atoms with van der Waals surface area (Å²) in [4.78, 5) is 23.4. The Morgan fingerprint density at radius 3 is 2.15 bits per heavy atom. The lowest BCUT2D eigenvalue weighted by molar-refractivity contribution is -0.122. The fraction of sp³-hybridized carbons (Fsp3) is 0.333. The number of aryl methyl sites for hydroxylation is 1. The van der Waals surface area contributed by atoms with Gasteiger partial charge in [0.05, 0.1) is 0 Å². The maximum Gasteiger partial charge on any atom is 0.242 e. The highest BCUT2D eigenvalue weighted by Crippen LogP contribution is 2.14. The number of nitrogens with one attached hydrogen (secondary N) is 3. The molecule has 0 radical (unpaired) electrons. The molecule has 0 unspecified atom stereocenters. The van der Waals surface area contributed by atoms with Crippen molar-refractivity contribution < 1.29 is 9.59 Å². The molecule has 2 amide bonds. The average molecular weight is 353 g/mol. The van der Waals surface area contributed by atoms with Crippen molar-refractivity contribution in [1.29, 1.82) is 0 Å². The Morgan fingerprint density at radius 1 is 0.923 bits per heavy atom. The second-order valence-corrected chi connectivity index (χ2v) is 6.56. The van der Waals surface area contributed by atoms with Crippen LogP contribution in [0.5, 0.6) is 0 Å². The quantitative estimate of drug-likeness (QED) is 0.679. The number of hydrogen-bond donors (Lipinski definition) is 3. The van der Waals surface area contributed by atoms with Crippen LogP contribution in [-0.4, -0.2) is 23.9 Å². The molecule has 26 heavy (non-hydrogen) atoms. The van der Waals surface area contributed by atoms with Gasteiger partial charge in [0.2, 0.25) is 11.8 Å². The highest BCUT2D eigenvalue weighted by Gasteiger charge is 2.15. The van der Waals surface area contributed by atoms with Crippen LogP contribution >= 0.6 is 0 Å². The largest absolute Gasteiger partial charge is 0.374 e. The molecule has 0 aliphatic rings. The number of amides is 2. The molecule has 2 aromatic rings. The molecular weight excluding hydrogens is 326 g/mol. The summed E-state index contributed by atoms with van der Waals surface area (Å²) in [5, 5.41) is 8.94. The van der Waals surface area contributed by atoms with Gasteiger partial charge in [0.15, 0.2) is 0 Å².